The van der Waals surface area contributed by atoms with Crippen LogP contribution in [-0.2, 0) is 34.1 Å². The van der Waals surface area contributed by atoms with Crippen LogP contribution >= 0.6 is 15.8 Å². The fraction of sp³-hybridized carbons (Fsp3) is 0.381. The molecule has 6 saturated carbocycles. The van der Waals surface area contributed by atoms with E-state index in [1.54, 1.807) is 5.66 Å². The van der Waals surface area contributed by atoms with Crippen molar-refractivity contribution < 1.29 is 34.1 Å². The van der Waals surface area contributed by atoms with Crippen LogP contribution in [0.4, 0.5) is 0 Å². The zero-order valence-electron chi connectivity index (χ0n) is 28.5. The Morgan fingerprint density at radius 3 is 1.49 bits per heavy atom. The van der Waals surface area contributed by atoms with Gasteiger partial charge in [-0.3, -0.25) is 0 Å². The molecular weight excluding hydrogens is 692 g/mol. The van der Waals surface area contributed by atoms with Crippen LogP contribution < -0.4 is 5.30 Å². The Morgan fingerprint density at radius 1 is 0.553 bits per heavy atom. The third kappa shape index (κ3) is 12.9. The summed E-state index contributed by atoms with van der Waals surface area (Å²) in [4.78, 5) is 2.28. The Bertz CT molecular complexity index is 877. The van der Waals surface area contributed by atoms with Gasteiger partial charge in [0.2, 0.25) is 0 Å². The topological polar surface area (TPSA) is 3.24 Å². The standard InChI is InChI=1S/C20H22NP.C17H26P.C5H5.2Fe/c1-16(21(2)3)19-14-9-15-20(19)22(18-12-7-8-13-18)17-10-5-4-6-11-17;1-3-9-15(10-4-1)18(17-13-7-8-14-17)16-11-5-2-6-12-16;1-2-4-5-3-1;;/h4-16H,1-3H3;7-8,13-16H,1-6,9-12H2;1-5H;;. The maximum Gasteiger partial charge on any atom is 0.0173 e. The average molecular weight is 746 g/mol. The van der Waals surface area contributed by atoms with Crippen molar-refractivity contribution in [3.63, 3.8) is 0 Å². The first-order valence-electron chi connectivity index (χ1n) is 17.3. The van der Waals surface area contributed by atoms with Crippen molar-refractivity contribution in [3.05, 3.63) is 156 Å². The van der Waals surface area contributed by atoms with Gasteiger partial charge in [0, 0.05) is 63.1 Å². The van der Waals surface area contributed by atoms with Gasteiger partial charge in [0.15, 0.2) is 0 Å². The molecule has 5 heteroatoms. The molecule has 6 aliphatic carbocycles. The zero-order chi connectivity index (χ0) is 31.3. The molecule has 2 unspecified atom stereocenters. The normalized spacial score (nSPS) is 25.0. The van der Waals surface area contributed by atoms with E-state index < -0.39 is 7.92 Å². The summed E-state index contributed by atoms with van der Waals surface area (Å²) in [6, 6.07) is 11.3. The Morgan fingerprint density at radius 2 is 1.02 bits per heavy atom. The fourth-order valence-corrected chi connectivity index (χ4v) is 13.4. The first kappa shape index (κ1) is 42.5. The van der Waals surface area contributed by atoms with E-state index in [-0.39, 0.29) is 42.1 Å². The minimum atomic E-state index is -0.477. The molecule has 47 heavy (non-hydrogen) atoms. The molecule has 1 nitrogen and oxygen atoms in total. The van der Waals surface area contributed by atoms with Crippen molar-refractivity contribution in [2.45, 2.75) is 88.5 Å². The maximum atomic E-state index is 2.43. The fourth-order valence-electron chi connectivity index (χ4n) is 7.07. The molecular formula is C42H53Fe2NP2. The average Bonchev–Trinajstić information content (AvgIpc) is 3.93. The molecule has 0 amide bonds. The molecule has 0 aromatic heterocycles. The summed E-state index contributed by atoms with van der Waals surface area (Å²) in [7, 11) is 3.96. The van der Waals surface area contributed by atoms with E-state index in [2.05, 4.69) is 127 Å². The minimum Gasteiger partial charge on any atom is -0.306 e. The van der Waals surface area contributed by atoms with Gasteiger partial charge in [-0.15, -0.1) is 0 Å². The van der Waals surface area contributed by atoms with E-state index in [1.165, 1.54) is 86.7 Å². The van der Waals surface area contributed by atoms with Gasteiger partial charge < -0.3 is 4.90 Å². The largest absolute Gasteiger partial charge is 0.306 e. The Labute approximate surface area is 316 Å². The molecule has 252 valence electrons. The summed E-state index contributed by atoms with van der Waals surface area (Å²) in [5.74, 6) is 1.45. The maximum absolute atomic E-state index is 2.43. The molecule has 20 radical (unpaired) electrons. The molecule has 1 aromatic rings. The van der Waals surface area contributed by atoms with Gasteiger partial charge in [0.25, 0.3) is 0 Å². The summed E-state index contributed by atoms with van der Waals surface area (Å²) in [5, 5.41) is 1.42. The second kappa shape index (κ2) is 23.6. The van der Waals surface area contributed by atoms with Gasteiger partial charge in [-0.05, 0) is 166 Å². The molecule has 0 bridgehead atoms. The number of rotatable bonds is 8. The molecule has 7 rings (SSSR count). The molecule has 6 aliphatic rings. The van der Waals surface area contributed by atoms with Crippen LogP contribution in [0.25, 0.3) is 0 Å². The van der Waals surface area contributed by atoms with Gasteiger partial charge in [-0.25, -0.2) is 0 Å². The predicted octanol–water partition coefficient (Wildman–Crippen LogP) is 10.4. The van der Waals surface area contributed by atoms with Crippen molar-refractivity contribution in [2.75, 3.05) is 14.1 Å². The van der Waals surface area contributed by atoms with Crippen molar-refractivity contribution >= 4 is 21.1 Å². The van der Waals surface area contributed by atoms with E-state index in [0.717, 1.165) is 11.3 Å². The smallest absolute Gasteiger partial charge is 0.0173 e. The van der Waals surface area contributed by atoms with Crippen LogP contribution in [0.5, 0.6) is 0 Å². The summed E-state index contributed by atoms with van der Waals surface area (Å²) in [6.07, 6.45) is 50.0. The van der Waals surface area contributed by atoms with E-state index in [1.807, 2.05) is 32.1 Å². The van der Waals surface area contributed by atoms with E-state index in [4.69, 9.17) is 0 Å². The minimum absolute atomic E-state index is 0. The molecule has 1 aromatic carbocycles. The van der Waals surface area contributed by atoms with Crippen molar-refractivity contribution in [1.82, 2.24) is 4.90 Å². The van der Waals surface area contributed by atoms with Gasteiger partial charge >= 0.3 is 0 Å². The van der Waals surface area contributed by atoms with E-state index >= 15 is 0 Å². The molecule has 0 aliphatic heterocycles. The molecule has 0 N–H and O–H groups in total. The number of benzene rings is 1. The number of nitrogens with zero attached hydrogens (tertiary/aromatic N) is 1. The van der Waals surface area contributed by atoms with Gasteiger partial charge in [-0.2, -0.15) is 0 Å². The number of hydrogen-bond acceptors (Lipinski definition) is 1. The second-order valence-corrected chi connectivity index (χ2v) is 17.9. The summed E-state index contributed by atoms with van der Waals surface area (Å²) < 4.78 is 0. The van der Waals surface area contributed by atoms with Crippen molar-refractivity contribution in [2.24, 2.45) is 0 Å². The third-order valence-corrected chi connectivity index (χ3v) is 15.7. The molecule has 6 fully saturated rings. The molecule has 0 heterocycles. The predicted molar refractivity (Wildman–Crippen MR) is 199 cm³/mol. The van der Waals surface area contributed by atoms with Gasteiger partial charge in [0.1, 0.15) is 0 Å². The van der Waals surface area contributed by atoms with E-state index in [0.29, 0.717) is 6.04 Å². The van der Waals surface area contributed by atoms with Gasteiger partial charge in [0.05, 0.1) is 0 Å². The Hall–Kier alpha value is 1.08. The SMILES string of the molecule is CC([C]1[CH][CH][CH][C]1P([C]1[CH][CH][CH][CH]1)c1ccccc1)N(C)C.[CH]1[CH][CH][CH][CH]1.[CH]1[CH][CH][C](P(C2CCCCC2)C2CCCCC2)[CH]1.[Fe].[Fe]. The van der Waals surface area contributed by atoms with Crippen LogP contribution in [0.1, 0.15) is 71.1 Å². The van der Waals surface area contributed by atoms with E-state index in [9.17, 15) is 0 Å². The second-order valence-electron chi connectivity index (χ2n) is 12.9. The van der Waals surface area contributed by atoms with Crippen molar-refractivity contribution in [3.8, 4) is 0 Å². The van der Waals surface area contributed by atoms with Crippen LogP contribution in [0.3, 0.4) is 0 Å². The molecule has 0 spiro atoms. The Balaban J connectivity index is 0.000000217. The first-order chi connectivity index (χ1) is 22.1. The monoisotopic (exact) mass is 745 g/mol. The zero-order valence-corrected chi connectivity index (χ0v) is 32.5. The molecule has 0 saturated heterocycles. The first-order valence-corrected chi connectivity index (χ1v) is 20.1. The summed E-state index contributed by atoms with van der Waals surface area (Å²) in [6.45, 7) is 2.28. The summed E-state index contributed by atoms with van der Waals surface area (Å²) >= 11 is 0. The van der Waals surface area contributed by atoms with Crippen LogP contribution in [0, 0.1) is 126 Å². The Kier molecular flexibility index (Phi) is 21.3. The summed E-state index contributed by atoms with van der Waals surface area (Å²) in [5.41, 5.74) is 6.75. The van der Waals surface area contributed by atoms with Gasteiger partial charge in [-0.1, -0.05) is 84.7 Å². The quantitative estimate of drug-likeness (QED) is 0.189. The van der Waals surface area contributed by atoms with Crippen molar-refractivity contribution in [1.29, 1.82) is 0 Å². The van der Waals surface area contributed by atoms with Crippen LogP contribution in [0.2, 0.25) is 0 Å². The molecule has 2 atom stereocenters. The van der Waals surface area contributed by atoms with Crippen LogP contribution in [0.15, 0.2) is 30.3 Å². The van der Waals surface area contributed by atoms with Crippen LogP contribution in [-0.4, -0.2) is 36.4 Å². The third-order valence-electron chi connectivity index (χ3n) is 9.64. The number of hydrogen-bond donors (Lipinski definition) is 0.